The van der Waals surface area contributed by atoms with E-state index < -0.39 is 0 Å². The van der Waals surface area contributed by atoms with Crippen molar-refractivity contribution in [2.24, 2.45) is 5.73 Å². The Morgan fingerprint density at radius 2 is 2.05 bits per heavy atom. The highest BCUT2D eigenvalue weighted by Gasteiger charge is 2.13. The highest BCUT2D eigenvalue weighted by atomic mass is 16.5. The first-order valence-corrected chi connectivity index (χ1v) is 6.93. The first kappa shape index (κ1) is 14.4. The van der Waals surface area contributed by atoms with Crippen LogP contribution in [0.2, 0.25) is 0 Å². The molecule has 2 aromatic rings. The standard InChI is InChI=1S/C15H22N4O/c1-3-18-12-10-17-15(18)19(11-4-9-16)13-5-7-14(20-2)8-6-13/h5-8,10,12H,3-4,9,11,16H2,1-2H3. The zero-order valence-electron chi connectivity index (χ0n) is 12.1. The zero-order valence-corrected chi connectivity index (χ0v) is 12.1. The van der Waals surface area contributed by atoms with Crippen LogP contribution < -0.4 is 15.4 Å². The molecule has 5 heteroatoms. The topological polar surface area (TPSA) is 56.3 Å². The van der Waals surface area contributed by atoms with Gasteiger partial charge in [0.05, 0.1) is 7.11 Å². The van der Waals surface area contributed by atoms with Gasteiger partial charge in [-0.2, -0.15) is 0 Å². The van der Waals surface area contributed by atoms with Crippen molar-refractivity contribution in [2.45, 2.75) is 19.9 Å². The normalized spacial score (nSPS) is 10.6. The van der Waals surface area contributed by atoms with E-state index in [9.17, 15) is 0 Å². The van der Waals surface area contributed by atoms with E-state index in [2.05, 4.69) is 21.4 Å². The maximum Gasteiger partial charge on any atom is 0.209 e. The molecule has 108 valence electrons. The summed E-state index contributed by atoms with van der Waals surface area (Å²) in [6.45, 7) is 4.52. The Kier molecular flexibility index (Phi) is 5.01. The van der Waals surface area contributed by atoms with Crippen LogP contribution in [0.25, 0.3) is 0 Å². The van der Waals surface area contributed by atoms with Crippen LogP contribution >= 0.6 is 0 Å². The van der Waals surface area contributed by atoms with Gasteiger partial charge >= 0.3 is 0 Å². The maximum absolute atomic E-state index is 5.65. The third-order valence-electron chi connectivity index (χ3n) is 3.25. The van der Waals surface area contributed by atoms with Crippen molar-refractivity contribution >= 4 is 11.6 Å². The van der Waals surface area contributed by atoms with Crippen molar-refractivity contribution < 1.29 is 4.74 Å². The third-order valence-corrected chi connectivity index (χ3v) is 3.25. The molecule has 1 aromatic carbocycles. The molecule has 0 atom stereocenters. The summed E-state index contributed by atoms with van der Waals surface area (Å²) in [6, 6.07) is 8.02. The van der Waals surface area contributed by atoms with Crippen LogP contribution in [0, 0.1) is 0 Å². The molecule has 2 rings (SSSR count). The van der Waals surface area contributed by atoms with Crippen molar-refractivity contribution in [3.8, 4) is 5.75 Å². The number of methoxy groups -OCH3 is 1. The van der Waals surface area contributed by atoms with Crippen LogP contribution in [0.3, 0.4) is 0 Å². The monoisotopic (exact) mass is 274 g/mol. The fraction of sp³-hybridized carbons (Fsp3) is 0.400. The van der Waals surface area contributed by atoms with Gasteiger partial charge in [0, 0.05) is 31.2 Å². The van der Waals surface area contributed by atoms with E-state index in [0.717, 1.165) is 36.9 Å². The average Bonchev–Trinajstić information content (AvgIpc) is 2.96. The minimum Gasteiger partial charge on any atom is -0.497 e. The Bertz CT molecular complexity index is 521. The smallest absolute Gasteiger partial charge is 0.209 e. The molecule has 20 heavy (non-hydrogen) atoms. The van der Waals surface area contributed by atoms with Crippen molar-refractivity contribution in [3.05, 3.63) is 36.7 Å². The van der Waals surface area contributed by atoms with Gasteiger partial charge in [-0.1, -0.05) is 0 Å². The van der Waals surface area contributed by atoms with Crippen LogP contribution in [0.1, 0.15) is 13.3 Å². The first-order chi connectivity index (χ1) is 9.80. The van der Waals surface area contributed by atoms with Crippen LogP contribution in [0.5, 0.6) is 5.75 Å². The second kappa shape index (κ2) is 6.96. The summed E-state index contributed by atoms with van der Waals surface area (Å²) in [7, 11) is 1.67. The molecule has 0 radical (unpaired) electrons. The number of hydrogen-bond donors (Lipinski definition) is 1. The maximum atomic E-state index is 5.65. The van der Waals surface area contributed by atoms with Gasteiger partial charge in [0.2, 0.25) is 5.95 Å². The van der Waals surface area contributed by atoms with E-state index in [4.69, 9.17) is 10.5 Å². The number of benzene rings is 1. The Hall–Kier alpha value is -2.01. The summed E-state index contributed by atoms with van der Waals surface area (Å²) in [6.07, 6.45) is 4.74. The average molecular weight is 274 g/mol. The van der Waals surface area contributed by atoms with Crippen molar-refractivity contribution in [2.75, 3.05) is 25.1 Å². The molecule has 0 spiro atoms. The molecule has 0 bridgehead atoms. The Morgan fingerprint density at radius 1 is 1.30 bits per heavy atom. The molecule has 0 aliphatic rings. The molecule has 0 fully saturated rings. The quantitative estimate of drug-likeness (QED) is 0.842. The van der Waals surface area contributed by atoms with Crippen LogP contribution in [0.15, 0.2) is 36.7 Å². The number of hydrogen-bond acceptors (Lipinski definition) is 4. The second-order valence-electron chi connectivity index (χ2n) is 4.51. The van der Waals surface area contributed by atoms with E-state index in [1.807, 2.05) is 36.7 Å². The van der Waals surface area contributed by atoms with Gasteiger partial charge in [0.1, 0.15) is 5.75 Å². The van der Waals surface area contributed by atoms with E-state index >= 15 is 0 Å². The summed E-state index contributed by atoms with van der Waals surface area (Å²) in [4.78, 5) is 6.67. The molecule has 0 aliphatic heterocycles. The fourth-order valence-electron chi connectivity index (χ4n) is 2.15. The summed E-state index contributed by atoms with van der Waals surface area (Å²) in [5.74, 6) is 1.80. The van der Waals surface area contributed by atoms with E-state index in [1.165, 1.54) is 0 Å². The molecule has 5 nitrogen and oxygen atoms in total. The van der Waals surface area contributed by atoms with Gasteiger partial charge in [-0.05, 0) is 44.2 Å². The highest BCUT2D eigenvalue weighted by Crippen LogP contribution is 2.26. The van der Waals surface area contributed by atoms with Crippen molar-refractivity contribution in [1.82, 2.24) is 9.55 Å². The lowest BCUT2D eigenvalue weighted by Crippen LogP contribution is -2.24. The predicted octanol–water partition coefficient (Wildman–Crippen LogP) is 2.40. The SMILES string of the molecule is CCn1ccnc1N(CCCN)c1ccc(OC)cc1. The highest BCUT2D eigenvalue weighted by molar-refractivity contribution is 5.58. The Labute approximate surface area is 120 Å². The fourth-order valence-corrected chi connectivity index (χ4v) is 2.15. The van der Waals surface area contributed by atoms with Crippen LogP contribution in [-0.2, 0) is 6.54 Å². The lowest BCUT2D eigenvalue weighted by atomic mass is 10.2. The predicted molar refractivity (Wildman–Crippen MR) is 81.6 cm³/mol. The molecule has 0 amide bonds. The number of aromatic nitrogens is 2. The molecule has 0 unspecified atom stereocenters. The number of ether oxygens (including phenoxy) is 1. The largest absolute Gasteiger partial charge is 0.497 e. The molecule has 1 heterocycles. The van der Waals surface area contributed by atoms with E-state index in [1.54, 1.807) is 7.11 Å². The minimum atomic E-state index is 0.666. The minimum absolute atomic E-state index is 0.666. The summed E-state index contributed by atoms with van der Waals surface area (Å²) in [5.41, 5.74) is 6.75. The summed E-state index contributed by atoms with van der Waals surface area (Å²) < 4.78 is 7.33. The lowest BCUT2D eigenvalue weighted by Gasteiger charge is -2.24. The van der Waals surface area contributed by atoms with Gasteiger partial charge in [-0.25, -0.2) is 4.98 Å². The molecule has 2 N–H and O–H groups in total. The van der Waals surface area contributed by atoms with Crippen LogP contribution in [-0.4, -0.2) is 29.8 Å². The van der Waals surface area contributed by atoms with E-state index in [0.29, 0.717) is 6.54 Å². The number of anilines is 2. The summed E-state index contributed by atoms with van der Waals surface area (Å²) in [5, 5.41) is 0. The van der Waals surface area contributed by atoms with Gasteiger partial charge in [-0.15, -0.1) is 0 Å². The van der Waals surface area contributed by atoms with Crippen LogP contribution in [0.4, 0.5) is 11.6 Å². The summed E-state index contributed by atoms with van der Waals surface area (Å²) >= 11 is 0. The third kappa shape index (κ3) is 3.11. The van der Waals surface area contributed by atoms with Crippen molar-refractivity contribution in [1.29, 1.82) is 0 Å². The first-order valence-electron chi connectivity index (χ1n) is 6.93. The number of aryl methyl sites for hydroxylation is 1. The second-order valence-corrected chi connectivity index (χ2v) is 4.51. The zero-order chi connectivity index (χ0) is 14.4. The Balaban J connectivity index is 2.30. The molecule has 0 saturated carbocycles. The van der Waals surface area contributed by atoms with Gasteiger partial charge in [0.15, 0.2) is 0 Å². The number of imidazole rings is 1. The Morgan fingerprint density at radius 3 is 2.65 bits per heavy atom. The van der Waals surface area contributed by atoms with Gasteiger partial charge < -0.3 is 19.9 Å². The lowest BCUT2D eigenvalue weighted by molar-refractivity contribution is 0.415. The number of nitrogens with two attached hydrogens (primary N) is 1. The number of nitrogens with zero attached hydrogens (tertiary/aromatic N) is 3. The molecule has 0 aliphatic carbocycles. The molecule has 0 saturated heterocycles. The van der Waals surface area contributed by atoms with E-state index in [-0.39, 0.29) is 0 Å². The van der Waals surface area contributed by atoms with Gasteiger partial charge in [-0.3, -0.25) is 0 Å². The van der Waals surface area contributed by atoms with Crippen molar-refractivity contribution in [3.63, 3.8) is 0 Å². The molecule has 1 aromatic heterocycles. The van der Waals surface area contributed by atoms with Gasteiger partial charge in [0.25, 0.3) is 0 Å². The molecular weight excluding hydrogens is 252 g/mol. The number of rotatable bonds is 7. The molecular formula is C15H22N4O.